The van der Waals surface area contributed by atoms with Crippen LogP contribution in [-0.2, 0) is 10.0 Å². The van der Waals surface area contributed by atoms with Gasteiger partial charge in [0, 0.05) is 42.5 Å². The van der Waals surface area contributed by atoms with Gasteiger partial charge in [-0.1, -0.05) is 24.4 Å². The molecule has 2 N–H and O–H groups in total. The number of sulfonamides is 1. The summed E-state index contributed by atoms with van der Waals surface area (Å²) in [6.07, 6.45) is 10.0. The Morgan fingerprint density at radius 2 is 2.00 bits per heavy atom. The van der Waals surface area contributed by atoms with Crippen molar-refractivity contribution in [3.8, 4) is 11.4 Å². The van der Waals surface area contributed by atoms with Gasteiger partial charge in [-0.2, -0.15) is 4.31 Å². The number of nitrogens with one attached hydrogen (secondary N) is 2. The van der Waals surface area contributed by atoms with Crippen LogP contribution in [-0.4, -0.2) is 57.5 Å². The fourth-order valence-electron chi connectivity index (χ4n) is 4.85. The minimum Gasteiger partial charge on any atom is -0.363 e. The Labute approximate surface area is 197 Å². The number of aromatic amines is 1. The van der Waals surface area contributed by atoms with Crippen LogP contribution in [0.15, 0.2) is 24.7 Å². The number of hydrogen-bond acceptors (Lipinski definition) is 6. The third-order valence-electron chi connectivity index (χ3n) is 6.52. The maximum atomic E-state index is 14.6. The molecule has 176 valence electrons. The minimum absolute atomic E-state index is 0.0596. The summed E-state index contributed by atoms with van der Waals surface area (Å²) in [5.74, 6) is 0.272. The van der Waals surface area contributed by atoms with Gasteiger partial charge in [-0.3, -0.25) is 0 Å². The van der Waals surface area contributed by atoms with Crippen LogP contribution >= 0.6 is 11.6 Å². The van der Waals surface area contributed by atoms with Crippen molar-refractivity contribution in [2.75, 3.05) is 24.2 Å². The van der Waals surface area contributed by atoms with Gasteiger partial charge in [0.2, 0.25) is 10.0 Å². The third kappa shape index (κ3) is 4.83. The molecule has 5 rings (SSSR count). The average Bonchev–Trinajstić information content (AvgIpc) is 3.45. The van der Waals surface area contributed by atoms with E-state index < -0.39 is 15.8 Å². The van der Waals surface area contributed by atoms with Gasteiger partial charge in [-0.05, 0) is 37.7 Å². The number of nitrogens with zero attached hydrogens (tertiary/aromatic N) is 4. The van der Waals surface area contributed by atoms with Crippen LogP contribution in [0.1, 0.15) is 38.5 Å². The number of fused-ring (bicyclic) bond motifs is 1. The van der Waals surface area contributed by atoms with Crippen LogP contribution < -0.4 is 5.32 Å². The molecule has 1 aliphatic heterocycles. The number of aromatic nitrogens is 4. The van der Waals surface area contributed by atoms with E-state index in [0.29, 0.717) is 41.6 Å². The Bertz CT molecular complexity index is 1260. The molecule has 3 aromatic rings. The highest BCUT2D eigenvalue weighted by molar-refractivity contribution is 7.89. The molecule has 8 nitrogen and oxygen atoms in total. The second kappa shape index (κ2) is 9.15. The molecule has 1 atom stereocenters. The molecule has 11 heteroatoms. The van der Waals surface area contributed by atoms with Crippen molar-refractivity contribution in [1.29, 1.82) is 0 Å². The molecule has 0 spiro atoms. The first-order valence-corrected chi connectivity index (χ1v) is 13.3. The van der Waals surface area contributed by atoms with Crippen LogP contribution in [0.25, 0.3) is 22.4 Å². The molecule has 1 unspecified atom stereocenters. The van der Waals surface area contributed by atoms with Gasteiger partial charge in [0.05, 0.1) is 17.0 Å². The number of halogens is 2. The van der Waals surface area contributed by atoms with Gasteiger partial charge in [0.25, 0.3) is 0 Å². The minimum atomic E-state index is -3.33. The predicted molar refractivity (Wildman–Crippen MR) is 126 cm³/mol. The smallest absolute Gasteiger partial charge is 0.214 e. The van der Waals surface area contributed by atoms with Crippen molar-refractivity contribution < 1.29 is 12.8 Å². The van der Waals surface area contributed by atoms with E-state index in [1.165, 1.54) is 6.20 Å². The van der Waals surface area contributed by atoms with E-state index in [1.54, 1.807) is 16.6 Å². The summed E-state index contributed by atoms with van der Waals surface area (Å²) in [6, 6.07) is 1.53. The largest absolute Gasteiger partial charge is 0.363 e. The normalized spacial score (nSPS) is 20.5. The summed E-state index contributed by atoms with van der Waals surface area (Å²) in [5.41, 5.74) is 1.29. The number of H-pyrrole nitrogens is 1. The van der Waals surface area contributed by atoms with E-state index in [2.05, 4.69) is 25.3 Å². The SMILES string of the molecule is O=S(=O)(CC1CCCC1)N1CCCC(Nc2nc(-c3c[nH]c4ncc(Cl)cc34)ncc2F)C1. The Hall–Kier alpha value is -2.30. The zero-order chi connectivity index (χ0) is 23.0. The number of anilines is 1. The van der Waals surface area contributed by atoms with E-state index in [0.717, 1.165) is 43.7 Å². The van der Waals surface area contributed by atoms with E-state index in [-0.39, 0.29) is 23.5 Å². The number of pyridine rings is 1. The lowest BCUT2D eigenvalue weighted by Gasteiger charge is -2.33. The average molecular weight is 493 g/mol. The lowest BCUT2D eigenvalue weighted by Crippen LogP contribution is -2.46. The topological polar surface area (TPSA) is 104 Å². The fourth-order valence-corrected chi connectivity index (χ4v) is 6.96. The first-order valence-electron chi connectivity index (χ1n) is 11.3. The molecular formula is C22H26ClFN6O2S. The predicted octanol–water partition coefficient (Wildman–Crippen LogP) is 4.21. The van der Waals surface area contributed by atoms with Crippen molar-refractivity contribution in [1.82, 2.24) is 24.2 Å². The van der Waals surface area contributed by atoms with Crippen LogP contribution in [0, 0.1) is 11.7 Å². The van der Waals surface area contributed by atoms with Gasteiger partial charge in [-0.15, -0.1) is 0 Å². The van der Waals surface area contributed by atoms with E-state index in [4.69, 9.17) is 11.6 Å². The van der Waals surface area contributed by atoms with E-state index >= 15 is 0 Å². The maximum Gasteiger partial charge on any atom is 0.214 e. The molecule has 0 amide bonds. The molecule has 2 aliphatic rings. The van der Waals surface area contributed by atoms with Crippen molar-refractivity contribution in [3.63, 3.8) is 0 Å². The molecular weight excluding hydrogens is 467 g/mol. The van der Waals surface area contributed by atoms with Crippen LogP contribution in [0.5, 0.6) is 0 Å². The van der Waals surface area contributed by atoms with E-state index in [9.17, 15) is 12.8 Å². The zero-order valence-electron chi connectivity index (χ0n) is 18.1. The molecule has 1 saturated heterocycles. The van der Waals surface area contributed by atoms with Crippen LogP contribution in [0.2, 0.25) is 5.02 Å². The highest BCUT2D eigenvalue weighted by Crippen LogP contribution is 2.30. The monoisotopic (exact) mass is 492 g/mol. The molecule has 4 heterocycles. The summed E-state index contributed by atoms with van der Waals surface area (Å²) in [5, 5.41) is 4.34. The van der Waals surface area contributed by atoms with Gasteiger partial charge in [0.1, 0.15) is 5.65 Å². The van der Waals surface area contributed by atoms with Gasteiger partial charge < -0.3 is 10.3 Å². The molecule has 1 aliphatic carbocycles. The highest BCUT2D eigenvalue weighted by atomic mass is 35.5. The first kappa shape index (κ1) is 22.5. The fraction of sp³-hybridized carbons (Fsp3) is 0.500. The third-order valence-corrected chi connectivity index (χ3v) is 8.74. The summed E-state index contributed by atoms with van der Waals surface area (Å²) >= 11 is 6.08. The molecule has 2 fully saturated rings. The summed E-state index contributed by atoms with van der Waals surface area (Å²) in [6.45, 7) is 0.814. The number of hydrogen-bond donors (Lipinski definition) is 2. The van der Waals surface area contributed by atoms with Gasteiger partial charge >= 0.3 is 0 Å². The van der Waals surface area contributed by atoms with Crippen molar-refractivity contribution in [3.05, 3.63) is 35.5 Å². The van der Waals surface area contributed by atoms with Gasteiger partial charge in [0.15, 0.2) is 17.5 Å². The molecule has 0 radical (unpaired) electrons. The Balaban J connectivity index is 1.34. The van der Waals surface area contributed by atoms with Crippen molar-refractivity contribution in [2.45, 2.75) is 44.6 Å². The summed E-state index contributed by atoms with van der Waals surface area (Å²) in [4.78, 5) is 15.8. The number of piperidine rings is 1. The standard InChI is InChI=1S/C22H26ClFN6O2S/c23-15-8-17-18(10-26-20(17)25-9-15)21-27-11-19(24)22(29-21)28-16-6-3-7-30(12-16)33(31,32)13-14-4-1-2-5-14/h8-11,14,16H,1-7,12-13H2,(H,25,26)(H,27,28,29). The van der Waals surface area contributed by atoms with E-state index in [1.807, 2.05) is 0 Å². The van der Waals surface area contributed by atoms with Crippen LogP contribution in [0.3, 0.4) is 0 Å². The molecule has 33 heavy (non-hydrogen) atoms. The quantitative estimate of drug-likeness (QED) is 0.534. The summed E-state index contributed by atoms with van der Waals surface area (Å²) < 4.78 is 42.0. The Morgan fingerprint density at radius 1 is 1.18 bits per heavy atom. The molecule has 1 saturated carbocycles. The lowest BCUT2D eigenvalue weighted by atomic mass is 10.1. The maximum absolute atomic E-state index is 14.6. The number of rotatable bonds is 6. The van der Waals surface area contributed by atoms with Gasteiger partial charge in [-0.25, -0.2) is 27.8 Å². The van der Waals surface area contributed by atoms with Crippen LogP contribution in [0.4, 0.5) is 10.2 Å². The zero-order valence-corrected chi connectivity index (χ0v) is 19.7. The molecule has 3 aromatic heterocycles. The Kier molecular flexibility index (Phi) is 6.24. The second-order valence-electron chi connectivity index (χ2n) is 8.91. The van der Waals surface area contributed by atoms with Crippen molar-refractivity contribution >= 4 is 38.5 Å². The molecule has 0 bridgehead atoms. The van der Waals surface area contributed by atoms with Crippen molar-refractivity contribution in [2.24, 2.45) is 5.92 Å². The second-order valence-corrected chi connectivity index (χ2v) is 11.4. The Morgan fingerprint density at radius 3 is 2.82 bits per heavy atom. The first-order chi connectivity index (χ1) is 15.9. The summed E-state index contributed by atoms with van der Waals surface area (Å²) in [7, 11) is -3.33. The lowest BCUT2D eigenvalue weighted by molar-refractivity contribution is 0.323. The molecule has 0 aromatic carbocycles. The highest BCUT2D eigenvalue weighted by Gasteiger charge is 2.32.